The highest BCUT2D eigenvalue weighted by atomic mass is 16.5. The number of esters is 1. The third-order valence-electron chi connectivity index (χ3n) is 1.53. The summed E-state index contributed by atoms with van der Waals surface area (Å²) in [5, 5.41) is 10.8. The topological polar surface area (TPSA) is 58.9 Å². The van der Waals surface area contributed by atoms with E-state index < -0.39 is 5.97 Å². The average molecular weight is 227 g/mol. The zero-order valence-electron chi connectivity index (χ0n) is 9.89. The first-order valence-electron chi connectivity index (χ1n) is 5.28. The fraction of sp³-hybridized carbons (Fsp3) is 0.500. The van der Waals surface area contributed by atoms with Crippen LogP contribution in [0.15, 0.2) is 30.5 Å². The van der Waals surface area contributed by atoms with Gasteiger partial charge >= 0.3 is 5.97 Å². The van der Waals surface area contributed by atoms with Crippen LogP contribution in [0.4, 0.5) is 0 Å². The smallest absolute Gasteiger partial charge is 0.330 e. The van der Waals surface area contributed by atoms with Crippen LogP contribution in [-0.2, 0) is 9.53 Å². The highest BCUT2D eigenvalue weighted by Gasteiger charge is 1.87. The highest BCUT2D eigenvalue weighted by molar-refractivity contribution is 5.81. The molecule has 0 heterocycles. The maximum absolute atomic E-state index is 10.2. The van der Waals surface area contributed by atoms with Crippen LogP contribution < -0.4 is 0 Å². The van der Waals surface area contributed by atoms with Crippen LogP contribution in [0.5, 0.6) is 0 Å². The lowest BCUT2D eigenvalue weighted by Crippen LogP contribution is -1.98. The molecular formula is C12H21NO3. The summed E-state index contributed by atoms with van der Waals surface area (Å²) >= 11 is 0. The van der Waals surface area contributed by atoms with Crippen molar-refractivity contribution in [3.63, 3.8) is 0 Å². The molecule has 4 heteroatoms. The van der Waals surface area contributed by atoms with Crippen molar-refractivity contribution < 1.29 is 14.7 Å². The van der Waals surface area contributed by atoms with E-state index in [9.17, 15) is 4.79 Å². The summed E-state index contributed by atoms with van der Waals surface area (Å²) in [6, 6.07) is 0. The van der Waals surface area contributed by atoms with Gasteiger partial charge in [0.1, 0.15) is 6.61 Å². The highest BCUT2D eigenvalue weighted by Crippen LogP contribution is 1.95. The van der Waals surface area contributed by atoms with Gasteiger partial charge in [0, 0.05) is 12.3 Å². The van der Waals surface area contributed by atoms with E-state index in [-0.39, 0.29) is 6.61 Å². The monoisotopic (exact) mass is 227 g/mol. The maximum Gasteiger partial charge on any atom is 0.330 e. The molecule has 0 saturated carbocycles. The van der Waals surface area contributed by atoms with Gasteiger partial charge in [-0.1, -0.05) is 39.0 Å². The zero-order valence-corrected chi connectivity index (χ0v) is 9.89. The molecule has 0 radical (unpaired) electrons. The molecule has 0 bridgehead atoms. The molecule has 92 valence electrons. The van der Waals surface area contributed by atoms with Crippen LogP contribution in [0.25, 0.3) is 0 Å². The second-order valence-electron chi connectivity index (χ2n) is 2.92. The van der Waals surface area contributed by atoms with Crippen molar-refractivity contribution in [3.05, 3.63) is 25.3 Å². The summed E-state index contributed by atoms with van der Waals surface area (Å²) in [7, 11) is 0. The Morgan fingerprint density at radius 2 is 2.12 bits per heavy atom. The summed E-state index contributed by atoms with van der Waals surface area (Å²) in [5.41, 5.74) is 0. The van der Waals surface area contributed by atoms with Crippen molar-refractivity contribution in [2.75, 3.05) is 6.61 Å². The summed E-state index contributed by atoms with van der Waals surface area (Å²) < 4.78 is 4.47. The molecule has 0 spiro atoms. The zero-order chi connectivity index (χ0) is 12.6. The van der Waals surface area contributed by atoms with Gasteiger partial charge in [-0.05, 0) is 12.8 Å². The van der Waals surface area contributed by atoms with Gasteiger partial charge in [-0.15, -0.1) is 5.16 Å². The number of ether oxygens (including phenoxy) is 1. The summed E-state index contributed by atoms with van der Waals surface area (Å²) in [4.78, 5) is 10.2. The molecule has 4 nitrogen and oxygen atoms in total. The largest absolute Gasteiger partial charge is 0.458 e. The van der Waals surface area contributed by atoms with E-state index in [0.717, 1.165) is 18.9 Å². The number of oxime groups is 1. The fourth-order valence-corrected chi connectivity index (χ4v) is 0.743. The minimum absolute atomic E-state index is 0.255. The number of nitrogens with zero attached hydrogens (tertiary/aromatic N) is 1. The van der Waals surface area contributed by atoms with Crippen molar-refractivity contribution in [1.29, 1.82) is 0 Å². The van der Waals surface area contributed by atoms with Crippen molar-refractivity contribution in [2.45, 2.75) is 32.6 Å². The lowest BCUT2D eigenvalue weighted by molar-refractivity contribution is -0.136. The molecule has 0 amide bonds. The minimum atomic E-state index is -0.412. The van der Waals surface area contributed by atoms with E-state index >= 15 is 0 Å². The number of hydrogen-bond acceptors (Lipinski definition) is 4. The normalized spacial score (nSPS) is 9.06. The van der Waals surface area contributed by atoms with Crippen molar-refractivity contribution in [3.8, 4) is 0 Å². The predicted octanol–water partition coefficient (Wildman–Crippen LogP) is 2.93. The Kier molecular flexibility index (Phi) is 16.7. The molecule has 1 N–H and O–H groups in total. The Hall–Kier alpha value is -1.58. The second-order valence-corrected chi connectivity index (χ2v) is 2.92. The van der Waals surface area contributed by atoms with Crippen molar-refractivity contribution in [1.82, 2.24) is 0 Å². The fourth-order valence-electron chi connectivity index (χ4n) is 0.743. The van der Waals surface area contributed by atoms with Gasteiger partial charge in [0.15, 0.2) is 0 Å². The molecule has 0 unspecified atom stereocenters. The Morgan fingerprint density at radius 3 is 2.56 bits per heavy atom. The number of carbonyl (C=O) groups excluding carboxylic acids is 1. The van der Waals surface area contributed by atoms with Crippen LogP contribution in [0.2, 0.25) is 0 Å². The van der Waals surface area contributed by atoms with E-state index in [1.54, 1.807) is 0 Å². The van der Waals surface area contributed by atoms with E-state index in [1.807, 2.05) is 0 Å². The van der Waals surface area contributed by atoms with Crippen molar-refractivity contribution in [2.24, 2.45) is 5.16 Å². The predicted molar refractivity (Wildman–Crippen MR) is 65.8 cm³/mol. The molecule has 0 aliphatic rings. The number of unbranched alkanes of at least 4 members (excludes halogenated alkanes) is 3. The van der Waals surface area contributed by atoms with Crippen LogP contribution in [0.3, 0.4) is 0 Å². The first-order valence-corrected chi connectivity index (χ1v) is 5.28. The quantitative estimate of drug-likeness (QED) is 0.138. The number of carbonyl (C=O) groups is 1. The second kappa shape index (κ2) is 15.9. The summed E-state index contributed by atoms with van der Waals surface area (Å²) in [6.45, 7) is 8.96. The first kappa shape index (κ1) is 16.8. The minimum Gasteiger partial charge on any atom is -0.458 e. The molecule has 0 atom stereocenters. The molecule has 0 aliphatic heterocycles. The Labute approximate surface area is 97.3 Å². The van der Waals surface area contributed by atoms with Gasteiger partial charge in [-0.3, -0.25) is 0 Å². The van der Waals surface area contributed by atoms with E-state index in [1.165, 1.54) is 25.1 Å². The Morgan fingerprint density at radius 1 is 1.44 bits per heavy atom. The molecule has 0 rings (SSSR count). The first-order chi connectivity index (χ1) is 7.72. The molecule has 0 aromatic rings. The Bertz CT molecular complexity index is 212. The molecule has 0 aliphatic carbocycles. The third kappa shape index (κ3) is 18.3. The van der Waals surface area contributed by atoms with Gasteiger partial charge in [0.25, 0.3) is 0 Å². The van der Waals surface area contributed by atoms with Gasteiger partial charge in [0.05, 0.1) is 0 Å². The van der Waals surface area contributed by atoms with Crippen LogP contribution >= 0.6 is 0 Å². The van der Waals surface area contributed by atoms with Crippen molar-refractivity contribution >= 4 is 12.2 Å². The molecule has 0 fully saturated rings. The van der Waals surface area contributed by atoms with Gasteiger partial charge < -0.3 is 9.94 Å². The SMILES string of the molecule is C=CCOC(=O)C=C.CCCCCC=NO. The Balaban J connectivity index is 0. The number of hydrogen-bond donors (Lipinski definition) is 1. The van der Waals surface area contributed by atoms with E-state index in [0.29, 0.717) is 0 Å². The maximum atomic E-state index is 10.2. The van der Waals surface area contributed by atoms with E-state index in [2.05, 4.69) is 30.0 Å². The van der Waals surface area contributed by atoms with Gasteiger partial charge in [0.2, 0.25) is 0 Å². The van der Waals surface area contributed by atoms with Gasteiger partial charge in [-0.25, -0.2) is 4.79 Å². The van der Waals surface area contributed by atoms with Crippen LogP contribution in [0, 0.1) is 0 Å². The molecule has 0 aromatic heterocycles. The number of rotatable bonds is 7. The van der Waals surface area contributed by atoms with Crippen LogP contribution in [0.1, 0.15) is 32.6 Å². The lowest BCUT2D eigenvalue weighted by Gasteiger charge is -1.92. The standard InChI is InChI=1S/C6H13NO.C6H8O2/c1-2-3-4-5-6-7-8;1-3-5-8-6(7)4-2/h6,8H,2-5H2,1H3;3-4H,1-2,5H2. The average Bonchev–Trinajstić information content (AvgIpc) is 2.32. The van der Waals surface area contributed by atoms with Crippen LogP contribution in [-0.4, -0.2) is 24.0 Å². The lowest BCUT2D eigenvalue weighted by atomic mass is 10.2. The molecule has 16 heavy (non-hydrogen) atoms. The summed E-state index contributed by atoms with van der Waals surface area (Å²) in [5.74, 6) is -0.412. The molecule has 0 aromatic carbocycles. The third-order valence-corrected chi connectivity index (χ3v) is 1.53. The molecular weight excluding hydrogens is 206 g/mol. The summed E-state index contributed by atoms with van der Waals surface area (Å²) in [6.07, 6.45) is 8.65. The molecule has 0 saturated heterocycles. The van der Waals surface area contributed by atoms with Gasteiger partial charge in [-0.2, -0.15) is 0 Å². The van der Waals surface area contributed by atoms with E-state index in [4.69, 9.17) is 5.21 Å².